The van der Waals surface area contributed by atoms with Crippen LogP contribution < -0.4 is 11.2 Å². The van der Waals surface area contributed by atoms with Gasteiger partial charge >= 0.3 is 5.69 Å². The third kappa shape index (κ3) is 2.40. The molecule has 1 fully saturated rings. The molecule has 1 aliphatic heterocycles. The van der Waals surface area contributed by atoms with Crippen LogP contribution >= 0.6 is 0 Å². The highest BCUT2D eigenvalue weighted by molar-refractivity contribution is 4.96. The Morgan fingerprint density at radius 1 is 1.55 bits per heavy atom. The quantitative estimate of drug-likeness (QED) is 0.844. The van der Waals surface area contributed by atoms with Gasteiger partial charge in [-0.3, -0.25) is 18.7 Å². The van der Waals surface area contributed by atoms with Crippen LogP contribution in [0.3, 0.4) is 0 Å². The van der Waals surface area contributed by atoms with Crippen LogP contribution in [-0.2, 0) is 4.74 Å². The van der Waals surface area contributed by atoms with Gasteiger partial charge < -0.3 is 9.84 Å². The molecular formula is C12H16F2N2O4. The van der Waals surface area contributed by atoms with E-state index in [9.17, 15) is 23.5 Å². The molecule has 112 valence electrons. The van der Waals surface area contributed by atoms with Crippen molar-refractivity contribution in [3.63, 3.8) is 0 Å². The first-order valence-corrected chi connectivity index (χ1v) is 6.35. The summed E-state index contributed by atoms with van der Waals surface area (Å²) in [6, 6.07) is 1.05. The summed E-state index contributed by atoms with van der Waals surface area (Å²) < 4.78 is 33.5. The van der Waals surface area contributed by atoms with Crippen molar-refractivity contribution in [3.8, 4) is 0 Å². The maximum Gasteiger partial charge on any atom is 0.330 e. The number of rotatable bonds is 4. The monoisotopic (exact) mass is 290 g/mol. The molecule has 0 bridgehead atoms. The molecule has 0 spiro atoms. The summed E-state index contributed by atoms with van der Waals surface area (Å²) in [7, 11) is 0. The van der Waals surface area contributed by atoms with Crippen molar-refractivity contribution < 1.29 is 18.6 Å². The number of ether oxygens (including phenoxy) is 1. The SMILES string of the molecule is CCCC1(F)OC(n2ccc(=O)[nH]c2=O)C(CF)C1O. The second-order valence-corrected chi connectivity index (χ2v) is 4.83. The van der Waals surface area contributed by atoms with Crippen molar-refractivity contribution in [1.29, 1.82) is 0 Å². The van der Waals surface area contributed by atoms with Crippen LogP contribution in [0.2, 0.25) is 0 Å². The molecule has 2 N–H and O–H groups in total. The standard InChI is InChI=1S/C12H16F2N2O4/c1-2-4-12(14)9(18)7(6-13)10(20-12)16-5-3-8(17)15-11(16)19/h3,5,7,9-10,18H,2,4,6H2,1H3,(H,15,17,19). The van der Waals surface area contributed by atoms with E-state index in [1.54, 1.807) is 6.92 Å². The number of hydrogen-bond donors (Lipinski definition) is 2. The highest BCUT2D eigenvalue weighted by atomic mass is 19.2. The lowest BCUT2D eigenvalue weighted by molar-refractivity contribution is -0.191. The Morgan fingerprint density at radius 3 is 2.80 bits per heavy atom. The van der Waals surface area contributed by atoms with Gasteiger partial charge in [-0.15, -0.1) is 0 Å². The Bertz CT molecular complexity index is 587. The largest absolute Gasteiger partial charge is 0.387 e. The van der Waals surface area contributed by atoms with Gasteiger partial charge in [0.1, 0.15) is 12.3 Å². The molecule has 0 amide bonds. The number of nitrogens with zero attached hydrogens (tertiary/aromatic N) is 1. The van der Waals surface area contributed by atoms with Crippen LogP contribution in [-0.4, -0.2) is 33.3 Å². The summed E-state index contributed by atoms with van der Waals surface area (Å²) in [6.07, 6.45) is -1.59. The molecule has 4 atom stereocenters. The van der Waals surface area contributed by atoms with Gasteiger partial charge in [-0.25, -0.2) is 9.18 Å². The number of aromatic nitrogens is 2. The Hall–Kier alpha value is -1.54. The fourth-order valence-corrected chi connectivity index (χ4v) is 2.43. The van der Waals surface area contributed by atoms with Crippen LogP contribution in [0.25, 0.3) is 0 Å². The average molecular weight is 290 g/mol. The van der Waals surface area contributed by atoms with E-state index < -0.39 is 42.0 Å². The number of halogens is 2. The molecule has 0 aliphatic carbocycles. The molecule has 4 unspecified atom stereocenters. The summed E-state index contributed by atoms with van der Waals surface area (Å²) in [5.74, 6) is -3.61. The normalized spacial score (nSPS) is 33.5. The molecule has 1 aromatic heterocycles. The average Bonchev–Trinajstić information content (AvgIpc) is 2.62. The van der Waals surface area contributed by atoms with Gasteiger partial charge in [-0.05, 0) is 0 Å². The van der Waals surface area contributed by atoms with E-state index in [-0.39, 0.29) is 6.42 Å². The molecule has 2 heterocycles. The highest BCUT2D eigenvalue weighted by Crippen LogP contribution is 2.44. The molecule has 1 aromatic rings. The molecule has 6 nitrogen and oxygen atoms in total. The first-order chi connectivity index (χ1) is 9.42. The minimum absolute atomic E-state index is 0.112. The van der Waals surface area contributed by atoms with Crippen molar-refractivity contribution in [3.05, 3.63) is 33.1 Å². The smallest absolute Gasteiger partial charge is 0.330 e. The molecule has 1 aliphatic rings. The number of aliphatic hydroxyl groups excluding tert-OH is 1. The molecule has 0 aromatic carbocycles. The van der Waals surface area contributed by atoms with Gasteiger partial charge in [0.2, 0.25) is 5.85 Å². The topological polar surface area (TPSA) is 84.3 Å². The Balaban J connectivity index is 2.40. The van der Waals surface area contributed by atoms with Gasteiger partial charge in [-0.2, -0.15) is 0 Å². The van der Waals surface area contributed by atoms with E-state index >= 15 is 0 Å². The number of H-pyrrole nitrogens is 1. The van der Waals surface area contributed by atoms with E-state index in [4.69, 9.17) is 4.74 Å². The maximum atomic E-state index is 14.5. The summed E-state index contributed by atoms with van der Waals surface area (Å²) in [4.78, 5) is 24.6. The van der Waals surface area contributed by atoms with E-state index in [1.807, 2.05) is 4.98 Å². The number of aliphatic hydroxyl groups is 1. The lowest BCUT2D eigenvalue weighted by atomic mass is 9.97. The fraction of sp³-hybridized carbons (Fsp3) is 0.667. The second kappa shape index (κ2) is 5.45. The van der Waals surface area contributed by atoms with Crippen molar-refractivity contribution in [2.75, 3.05) is 6.67 Å². The fourth-order valence-electron chi connectivity index (χ4n) is 2.43. The molecule has 20 heavy (non-hydrogen) atoms. The van der Waals surface area contributed by atoms with Gasteiger partial charge in [0.05, 0.1) is 12.6 Å². The van der Waals surface area contributed by atoms with E-state index in [1.165, 1.54) is 0 Å². The number of aromatic amines is 1. The number of alkyl halides is 2. The maximum absolute atomic E-state index is 14.5. The first kappa shape index (κ1) is 14.9. The lowest BCUT2D eigenvalue weighted by Gasteiger charge is -2.22. The predicted molar refractivity (Wildman–Crippen MR) is 65.7 cm³/mol. The van der Waals surface area contributed by atoms with Crippen LogP contribution in [0.15, 0.2) is 21.9 Å². The third-order valence-corrected chi connectivity index (χ3v) is 3.42. The van der Waals surface area contributed by atoms with Crippen molar-refractivity contribution in [2.45, 2.75) is 38.0 Å². The van der Waals surface area contributed by atoms with Gasteiger partial charge in [-0.1, -0.05) is 13.3 Å². The summed E-state index contributed by atoms with van der Waals surface area (Å²) in [6.45, 7) is 0.647. The lowest BCUT2D eigenvalue weighted by Crippen LogP contribution is -2.37. The molecule has 1 saturated heterocycles. The molecule has 0 radical (unpaired) electrons. The minimum atomic E-state index is -2.40. The van der Waals surface area contributed by atoms with Gasteiger partial charge in [0.25, 0.3) is 5.56 Å². The predicted octanol–water partition coefficient (Wildman–Crippen LogP) is 0.478. The zero-order valence-corrected chi connectivity index (χ0v) is 10.9. The number of nitrogens with one attached hydrogen (secondary N) is 1. The van der Waals surface area contributed by atoms with Crippen molar-refractivity contribution in [1.82, 2.24) is 9.55 Å². The summed E-state index contributed by atoms with van der Waals surface area (Å²) in [5.41, 5.74) is -1.46. The molecule has 0 saturated carbocycles. The zero-order chi connectivity index (χ0) is 14.9. The minimum Gasteiger partial charge on any atom is -0.387 e. The number of hydrogen-bond acceptors (Lipinski definition) is 4. The first-order valence-electron chi connectivity index (χ1n) is 6.35. The van der Waals surface area contributed by atoms with E-state index in [0.29, 0.717) is 6.42 Å². The Kier molecular flexibility index (Phi) is 4.05. The van der Waals surface area contributed by atoms with Crippen LogP contribution in [0, 0.1) is 5.92 Å². The molecule has 8 heteroatoms. The van der Waals surface area contributed by atoms with Gasteiger partial charge in [0.15, 0.2) is 0 Å². The van der Waals surface area contributed by atoms with E-state index in [2.05, 4.69) is 0 Å². The van der Waals surface area contributed by atoms with E-state index in [0.717, 1.165) is 16.8 Å². The van der Waals surface area contributed by atoms with Gasteiger partial charge in [0, 0.05) is 18.7 Å². The summed E-state index contributed by atoms with van der Waals surface area (Å²) >= 11 is 0. The Morgan fingerprint density at radius 2 is 2.25 bits per heavy atom. The summed E-state index contributed by atoms with van der Waals surface area (Å²) in [5, 5.41) is 9.89. The van der Waals surface area contributed by atoms with Crippen molar-refractivity contribution in [2.24, 2.45) is 5.92 Å². The highest BCUT2D eigenvalue weighted by Gasteiger charge is 2.55. The third-order valence-electron chi connectivity index (χ3n) is 3.42. The second-order valence-electron chi connectivity index (χ2n) is 4.83. The Labute approximate surface area is 113 Å². The van der Waals surface area contributed by atoms with Crippen LogP contribution in [0.5, 0.6) is 0 Å². The zero-order valence-electron chi connectivity index (χ0n) is 10.9. The van der Waals surface area contributed by atoms with Crippen molar-refractivity contribution >= 4 is 0 Å². The molecule has 2 rings (SSSR count). The molecular weight excluding hydrogens is 274 g/mol. The van der Waals surface area contributed by atoms with Crippen LogP contribution in [0.4, 0.5) is 8.78 Å². The van der Waals surface area contributed by atoms with Crippen LogP contribution in [0.1, 0.15) is 26.0 Å².